The van der Waals surface area contributed by atoms with Crippen LogP contribution in [0, 0.1) is 0 Å². The third kappa shape index (κ3) is 5.66. The third-order valence-corrected chi connectivity index (χ3v) is 7.39. The number of carbonyl (C=O) groups excluding carboxylic acids is 1. The molecule has 5 rings (SSSR count). The van der Waals surface area contributed by atoms with Crippen LogP contribution in [0.2, 0.25) is 0 Å². The van der Waals surface area contributed by atoms with Gasteiger partial charge in [-0.15, -0.1) is 0 Å². The summed E-state index contributed by atoms with van der Waals surface area (Å²) in [7, 11) is 0. The van der Waals surface area contributed by atoms with Crippen molar-refractivity contribution in [1.82, 2.24) is 20.0 Å². The van der Waals surface area contributed by atoms with E-state index in [2.05, 4.69) is 41.4 Å². The first-order valence-electron chi connectivity index (χ1n) is 12.7. The largest absolute Gasteiger partial charge is 0.416 e. The van der Waals surface area contributed by atoms with Gasteiger partial charge in [0.15, 0.2) is 0 Å². The normalized spacial score (nSPS) is 20.8. The smallest absolute Gasteiger partial charge is 0.378 e. The van der Waals surface area contributed by atoms with E-state index in [0.717, 1.165) is 30.7 Å². The number of aromatic amines is 1. The molecular formula is C28H31F3N4O2. The summed E-state index contributed by atoms with van der Waals surface area (Å²) in [6.45, 7) is 5.46. The summed E-state index contributed by atoms with van der Waals surface area (Å²) in [4.78, 5) is 17.2. The lowest BCUT2D eigenvalue weighted by Gasteiger charge is -2.41. The Balaban J connectivity index is 1.41. The number of nitrogens with zero attached hydrogens (tertiary/aromatic N) is 3. The second kappa shape index (κ2) is 10.6. The average molecular weight is 513 g/mol. The van der Waals surface area contributed by atoms with Crippen LogP contribution in [0.1, 0.15) is 47.6 Å². The highest BCUT2D eigenvalue weighted by atomic mass is 19.4. The number of halogens is 3. The second-order valence-electron chi connectivity index (χ2n) is 9.80. The molecule has 0 bridgehead atoms. The quantitative estimate of drug-likeness (QED) is 0.489. The number of urea groups is 1. The molecular weight excluding hydrogens is 481 g/mol. The monoisotopic (exact) mass is 512 g/mol. The fourth-order valence-corrected chi connectivity index (χ4v) is 5.25. The van der Waals surface area contributed by atoms with E-state index in [1.165, 1.54) is 17.2 Å². The highest BCUT2D eigenvalue weighted by Gasteiger charge is 2.35. The molecule has 0 saturated carbocycles. The Labute approximate surface area is 214 Å². The molecule has 3 aromatic rings. The fraction of sp³-hybridized carbons (Fsp3) is 0.429. The Morgan fingerprint density at radius 2 is 1.76 bits per heavy atom. The summed E-state index contributed by atoms with van der Waals surface area (Å²) in [5.74, 6) is 0.108. The first-order valence-corrected chi connectivity index (χ1v) is 12.7. The van der Waals surface area contributed by atoms with Crippen LogP contribution in [0.15, 0.2) is 54.6 Å². The van der Waals surface area contributed by atoms with Crippen LogP contribution in [-0.2, 0) is 17.3 Å². The number of hydrogen-bond donors (Lipinski definition) is 1. The summed E-state index contributed by atoms with van der Waals surface area (Å²) >= 11 is 0. The van der Waals surface area contributed by atoms with Gasteiger partial charge < -0.3 is 14.5 Å². The van der Waals surface area contributed by atoms with Crippen molar-refractivity contribution in [3.8, 4) is 11.3 Å². The number of aromatic nitrogens is 2. The molecule has 2 unspecified atom stereocenters. The molecule has 2 atom stereocenters. The van der Waals surface area contributed by atoms with Gasteiger partial charge in [0.05, 0.1) is 24.5 Å². The zero-order chi connectivity index (χ0) is 26.0. The molecule has 6 nitrogen and oxygen atoms in total. The minimum atomic E-state index is -4.42. The van der Waals surface area contributed by atoms with Crippen molar-refractivity contribution in [3.05, 3.63) is 77.0 Å². The number of carbonyl (C=O) groups is 1. The van der Waals surface area contributed by atoms with Crippen LogP contribution in [0.25, 0.3) is 11.3 Å². The predicted octanol–water partition coefficient (Wildman–Crippen LogP) is 5.68. The number of likely N-dealkylation sites (tertiary alicyclic amines) is 1. The zero-order valence-electron chi connectivity index (χ0n) is 20.8. The van der Waals surface area contributed by atoms with Crippen LogP contribution in [-0.4, -0.2) is 65.4 Å². The maximum atomic E-state index is 13.4. The molecule has 2 aromatic carbocycles. The van der Waals surface area contributed by atoms with Crippen molar-refractivity contribution in [3.63, 3.8) is 0 Å². The number of H-pyrrole nitrogens is 1. The van der Waals surface area contributed by atoms with Crippen molar-refractivity contribution < 1.29 is 22.7 Å². The molecule has 2 fully saturated rings. The van der Waals surface area contributed by atoms with Crippen LogP contribution >= 0.6 is 0 Å². The summed E-state index contributed by atoms with van der Waals surface area (Å²) in [5, 5.41) is 7.40. The lowest BCUT2D eigenvalue weighted by atomic mass is 9.82. The molecule has 196 valence electrons. The maximum Gasteiger partial charge on any atom is 0.416 e. The van der Waals surface area contributed by atoms with Gasteiger partial charge in [0.1, 0.15) is 0 Å². The number of ether oxygens (including phenoxy) is 1. The molecule has 2 amide bonds. The van der Waals surface area contributed by atoms with Crippen molar-refractivity contribution in [2.75, 3.05) is 39.4 Å². The highest BCUT2D eigenvalue weighted by molar-refractivity contribution is 5.75. The molecule has 37 heavy (non-hydrogen) atoms. The Hall–Kier alpha value is -3.33. The second-order valence-corrected chi connectivity index (χ2v) is 9.80. The van der Waals surface area contributed by atoms with Crippen molar-refractivity contribution >= 4 is 6.03 Å². The van der Waals surface area contributed by atoms with E-state index in [9.17, 15) is 18.0 Å². The number of hydrogen-bond acceptors (Lipinski definition) is 3. The summed E-state index contributed by atoms with van der Waals surface area (Å²) in [6.07, 6.45) is -2.65. The first-order chi connectivity index (χ1) is 17.8. The van der Waals surface area contributed by atoms with Gasteiger partial charge in [-0.05, 0) is 42.2 Å². The van der Waals surface area contributed by atoms with Gasteiger partial charge in [-0.25, -0.2) is 4.79 Å². The lowest BCUT2D eigenvalue weighted by molar-refractivity contribution is -0.137. The molecule has 0 radical (unpaired) electrons. The van der Waals surface area contributed by atoms with Gasteiger partial charge in [-0.3, -0.25) is 5.10 Å². The molecule has 2 aliphatic heterocycles. The fourth-order valence-electron chi connectivity index (χ4n) is 5.25. The summed E-state index contributed by atoms with van der Waals surface area (Å²) in [6, 6.07) is 15.6. The van der Waals surface area contributed by atoms with E-state index in [1.807, 2.05) is 15.9 Å². The molecule has 9 heteroatoms. The van der Waals surface area contributed by atoms with Gasteiger partial charge in [-0.1, -0.05) is 43.3 Å². The number of rotatable bonds is 4. The minimum Gasteiger partial charge on any atom is -0.378 e. The standard InChI is InChI=1S/C28H31F3N4O2/c1-2-19-6-8-20(9-7-19)22-14-23(18-35(17-22)27(36)34-10-12-37-13-11-34)26-16-25(32-33-26)21-4-3-5-24(15-21)28(29,30)31/h3-9,15-16,22-23H,2,10-14,17-18H2,1H3,(H,32,33). The van der Waals surface area contributed by atoms with E-state index in [0.29, 0.717) is 50.7 Å². The van der Waals surface area contributed by atoms with E-state index < -0.39 is 11.7 Å². The molecule has 2 aliphatic rings. The minimum absolute atomic E-state index is 0.000737. The zero-order valence-corrected chi connectivity index (χ0v) is 20.8. The summed E-state index contributed by atoms with van der Waals surface area (Å²) < 4.78 is 45.1. The Morgan fingerprint density at radius 1 is 1.03 bits per heavy atom. The van der Waals surface area contributed by atoms with Crippen LogP contribution in [0.5, 0.6) is 0 Å². The van der Waals surface area contributed by atoms with Crippen molar-refractivity contribution in [2.45, 2.75) is 37.8 Å². The van der Waals surface area contributed by atoms with Crippen molar-refractivity contribution in [1.29, 1.82) is 0 Å². The molecule has 0 aliphatic carbocycles. The number of piperidine rings is 1. The Bertz CT molecular complexity index is 1220. The van der Waals surface area contributed by atoms with Crippen LogP contribution < -0.4 is 0 Å². The van der Waals surface area contributed by atoms with Crippen LogP contribution in [0.3, 0.4) is 0 Å². The molecule has 0 spiro atoms. The SMILES string of the molecule is CCc1ccc(C2CC(c3cc(-c4cccc(C(F)(F)F)c4)n[nH]3)CN(C(=O)N3CCOCC3)C2)cc1. The predicted molar refractivity (Wildman–Crippen MR) is 134 cm³/mol. The molecule has 1 aromatic heterocycles. The lowest BCUT2D eigenvalue weighted by Crippen LogP contribution is -2.52. The van der Waals surface area contributed by atoms with Gasteiger partial charge in [-0.2, -0.15) is 18.3 Å². The van der Waals surface area contributed by atoms with E-state index in [-0.39, 0.29) is 17.9 Å². The molecule has 1 N–H and O–H groups in total. The molecule has 2 saturated heterocycles. The Morgan fingerprint density at radius 3 is 2.46 bits per heavy atom. The number of benzene rings is 2. The van der Waals surface area contributed by atoms with Gasteiger partial charge >= 0.3 is 12.2 Å². The van der Waals surface area contributed by atoms with Gasteiger partial charge in [0.25, 0.3) is 0 Å². The third-order valence-electron chi connectivity index (χ3n) is 7.39. The van der Waals surface area contributed by atoms with Crippen LogP contribution in [0.4, 0.5) is 18.0 Å². The number of nitrogens with one attached hydrogen (secondary N) is 1. The molecule has 3 heterocycles. The number of aryl methyl sites for hydroxylation is 1. The van der Waals surface area contributed by atoms with E-state index in [1.54, 1.807) is 6.07 Å². The highest BCUT2D eigenvalue weighted by Crippen LogP contribution is 2.37. The van der Waals surface area contributed by atoms with Crippen molar-refractivity contribution in [2.24, 2.45) is 0 Å². The van der Waals surface area contributed by atoms with E-state index >= 15 is 0 Å². The first kappa shape index (κ1) is 25.3. The Kier molecular flexibility index (Phi) is 7.24. The average Bonchev–Trinajstić information content (AvgIpc) is 3.43. The van der Waals surface area contributed by atoms with E-state index in [4.69, 9.17) is 4.74 Å². The summed E-state index contributed by atoms with van der Waals surface area (Å²) in [5.41, 5.74) is 3.42. The maximum absolute atomic E-state index is 13.4. The topological polar surface area (TPSA) is 61.5 Å². The van der Waals surface area contributed by atoms with Gasteiger partial charge in [0, 0.05) is 49.3 Å². The number of alkyl halides is 3. The number of amides is 2. The number of morpholine rings is 1. The van der Waals surface area contributed by atoms with Gasteiger partial charge in [0.2, 0.25) is 0 Å².